The van der Waals surface area contributed by atoms with Crippen LogP contribution in [0.3, 0.4) is 0 Å². The molecule has 0 radical (unpaired) electrons. The van der Waals surface area contributed by atoms with E-state index in [0.29, 0.717) is 15.6 Å². The van der Waals surface area contributed by atoms with Gasteiger partial charge in [0.25, 0.3) is 5.91 Å². The molecular formula is C23H14Cl5F2N3O2. The first-order valence-corrected chi connectivity index (χ1v) is 11.8. The minimum absolute atomic E-state index is 0.0131. The third-order valence-corrected chi connectivity index (χ3v) is 7.43. The number of carbonyl (C=O) groups excluding carboxylic acids is 2. The number of anilines is 3. The monoisotopic (exact) mass is 577 g/mol. The van der Waals surface area contributed by atoms with E-state index < -0.39 is 45.3 Å². The molecule has 1 aliphatic rings. The summed E-state index contributed by atoms with van der Waals surface area (Å²) < 4.78 is 26.7. The average molecular weight is 580 g/mol. The number of hydrogen-bond donors (Lipinski definition) is 3. The molecular weight excluding hydrogens is 566 g/mol. The average Bonchev–Trinajstić information content (AvgIpc) is 3.35. The Bertz CT molecular complexity index is 1350. The molecule has 0 saturated heterocycles. The summed E-state index contributed by atoms with van der Waals surface area (Å²) in [5, 5.41) is 5.38. The number of nitrogens with two attached hydrogens (primary N) is 1. The smallest absolute Gasteiger partial charge is 0.257 e. The second kappa shape index (κ2) is 9.64. The zero-order valence-corrected chi connectivity index (χ0v) is 21.1. The first kappa shape index (κ1) is 25.8. The predicted molar refractivity (Wildman–Crippen MR) is 136 cm³/mol. The van der Waals surface area contributed by atoms with Crippen LogP contribution in [-0.2, 0) is 4.79 Å². The van der Waals surface area contributed by atoms with Crippen molar-refractivity contribution in [3.63, 3.8) is 0 Å². The summed E-state index contributed by atoms with van der Waals surface area (Å²) in [6.07, 6.45) is 0. The molecule has 3 aromatic rings. The van der Waals surface area contributed by atoms with Gasteiger partial charge in [-0.25, -0.2) is 8.78 Å². The lowest BCUT2D eigenvalue weighted by molar-refractivity contribution is -0.117. The van der Waals surface area contributed by atoms with E-state index in [-0.39, 0.29) is 22.0 Å². The Hall–Kier alpha value is -2.29. The van der Waals surface area contributed by atoms with E-state index >= 15 is 0 Å². The maximum atomic E-state index is 14.1. The van der Waals surface area contributed by atoms with Crippen molar-refractivity contribution >= 4 is 86.9 Å². The number of nitrogens with one attached hydrogen (secondary N) is 2. The Balaban J connectivity index is 1.52. The molecule has 2 amide bonds. The van der Waals surface area contributed by atoms with Crippen molar-refractivity contribution in [3.8, 4) is 0 Å². The van der Waals surface area contributed by atoms with Crippen LogP contribution in [-0.4, -0.2) is 16.1 Å². The molecule has 1 aliphatic carbocycles. The van der Waals surface area contributed by atoms with Gasteiger partial charge in [-0.05, 0) is 48.0 Å². The molecule has 0 aromatic heterocycles. The van der Waals surface area contributed by atoms with Crippen LogP contribution in [0.4, 0.5) is 25.8 Å². The summed E-state index contributed by atoms with van der Waals surface area (Å²) in [4.78, 5) is 25.6. The molecule has 1 unspecified atom stereocenters. The number of benzene rings is 3. The number of amides is 2. The van der Waals surface area contributed by atoms with Gasteiger partial charge in [0, 0.05) is 17.3 Å². The van der Waals surface area contributed by atoms with Gasteiger partial charge in [0.05, 0.1) is 26.5 Å². The lowest BCUT2D eigenvalue weighted by Gasteiger charge is -2.12. The third kappa shape index (κ3) is 5.15. The molecule has 1 saturated carbocycles. The van der Waals surface area contributed by atoms with Gasteiger partial charge >= 0.3 is 0 Å². The summed E-state index contributed by atoms with van der Waals surface area (Å²) >= 11 is 30.8. The van der Waals surface area contributed by atoms with Gasteiger partial charge < -0.3 is 16.4 Å². The molecule has 35 heavy (non-hydrogen) atoms. The first-order chi connectivity index (χ1) is 16.4. The highest BCUT2D eigenvalue weighted by atomic mass is 35.5. The lowest BCUT2D eigenvalue weighted by atomic mass is 10.1. The first-order valence-electron chi connectivity index (χ1n) is 9.89. The van der Waals surface area contributed by atoms with Crippen molar-refractivity contribution in [3.05, 3.63) is 86.4 Å². The Morgan fingerprint density at radius 1 is 0.857 bits per heavy atom. The highest BCUT2D eigenvalue weighted by molar-refractivity contribution is 6.53. The van der Waals surface area contributed by atoms with E-state index in [1.54, 1.807) is 18.2 Å². The zero-order valence-electron chi connectivity index (χ0n) is 17.3. The van der Waals surface area contributed by atoms with Crippen LogP contribution in [0.1, 0.15) is 21.8 Å². The maximum Gasteiger partial charge on any atom is 0.257 e. The van der Waals surface area contributed by atoms with Gasteiger partial charge in [0.2, 0.25) is 5.91 Å². The Morgan fingerprint density at radius 2 is 1.49 bits per heavy atom. The topological polar surface area (TPSA) is 84.2 Å². The normalized spacial score (nSPS) is 18.1. The van der Waals surface area contributed by atoms with Gasteiger partial charge in [0.1, 0.15) is 10.0 Å². The Labute approximate surface area is 223 Å². The van der Waals surface area contributed by atoms with Crippen LogP contribution in [0.5, 0.6) is 0 Å². The van der Waals surface area contributed by atoms with Gasteiger partial charge in [-0.3, -0.25) is 9.59 Å². The molecule has 2 atom stereocenters. The standard InChI is InChI=1S/C23H14Cl5F2N3O2/c24-13-4-2-11(8-12(13)21(34)33-20-16(29)6-10(31)7-17(20)30)32-22(35)19-18(23(19,27)28)9-1-3-14(25)15(26)5-9/h1-8,18-19H,31H2,(H,32,35)(H,33,34)/t18?,19-/m1/s1. The van der Waals surface area contributed by atoms with Crippen LogP contribution >= 0.6 is 58.0 Å². The molecule has 182 valence electrons. The third-order valence-electron chi connectivity index (χ3n) is 5.42. The number of hydrogen-bond acceptors (Lipinski definition) is 3. The summed E-state index contributed by atoms with van der Waals surface area (Å²) in [6.45, 7) is 0. The van der Waals surface area contributed by atoms with E-state index in [1.165, 1.54) is 18.2 Å². The molecule has 0 bridgehead atoms. The quantitative estimate of drug-likeness (QED) is 0.219. The van der Waals surface area contributed by atoms with Crippen molar-refractivity contribution in [2.24, 2.45) is 5.92 Å². The van der Waals surface area contributed by atoms with Gasteiger partial charge in [-0.2, -0.15) is 0 Å². The van der Waals surface area contributed by atoms with Crippen molar-refractivity contribution in [1.29, 1.82) is 0 Å². The maximum absolute atomic E-state index is 14.1. The molecule has 1 fully saturated rings. The van der Waals surface area contributed by atoms with Crippen molar-refractivity contribution in [1.82, 2.24) is 0 Å². The fourth-order valence-electron chi connectivity index (χ4n) is 3.66. The van der Waals surface area contributed by atoms with Crippen LogP contribution in [0, 0.1) is 17.6 Å². The molecule has 4 N–H and O–H groups in total. The Kier molecular flexibility index (Phi) is 7.10. The van der Waals surface area contributed by atoms with Gasteiger partial charge in [-0.1, -0.05) is 40.9 Å². The van der Waals surface area contributed by atoms with E-state index in [2.05, 4.69) is 10.6 Å². The SMILES string of the molecule is Nc1cc(F)c(NC(=O)c2cc(NC(=O)[C@H]3C(c4ccc(Cl)c(Cl)c4)C3(Cl)Cl)ccc2Cl)c(F)c1. The summed E-state index contributed by atoms with van der Waals surface area (Å²) in [5.41, 5.74) is 5.23. The second-order valence-electron chi connectivity index (χ2n) is 7.80. The zero-order chi connectivity index (χ0) is 25.7. The lowest BCUT2D eigenvalue weighted by Crippen LogP contribution is -2.19. The highest BCUT2D eigenvalue weighted by Crippen LogP contribution is 2.65. The predicted octanol–water partition coefficient (Wildman–Crippen LogP) is 7.29. The van der Waals surface area contributed by atoms with Gasteiger partial charge in [-0.15, -0.1) is 23.2 Å². The minimum Gasteiger partial charge on any atom is -0.399 e. The molecule has 3 aromatic carbocycles. The van der Waals surface area contributed by atoms with Crippen LogP contribution < -0.4 is 16.4 Å². The van der Waals surface area contributed by atoms with Crippen LogP contribution in [0.2, 0.25) is 15.1 Å². The van der Waals surface area contributed by atoms with Crippen LogP contribution in [0.25, 0.3) is 0 Å². The van der Waals surface area contributed by atoms with Gasteiger partial charge in [0.15, 0.2) is 11.6 Å². The fraction of sp³-hybridized carbons (Fsp3) is 0.130. The number of rotatable bonds is 5. The number of carbonyl (C=O) groups is 2. The number of halogens is 7. The summed E-state index contributed by atoms with van der Waals surface area (Å²) in [5.74, 6) is -4.91. The van der Waals surface area contributed by atoms with Crippen LogP contribution in [0.15, 0.2) is 48.5 Å². The molecule has 4 rings (SSSR count). The highest BCUT2D eigenvalue weighted by Gasteiger charge is 2.67. The largest absolute Gasteiger partial charge is 0.399 e. The van der Waals surface area contributed by atoms with Crippen molar-refractivity contribution < 1.29 is 18.4 Å². The van der Waals surface area contributed by atoms with Crippen molar-refractivity contribution in [2.75, 3.05) is 16.4 Å². The van der Waals surface area contributed by atoms with E-state index in [9.17, 15) is 18.4 Å². The van der Waals surface area contributed by atoms with Crippen molar-refractivity contribution in [2.45, 2.75) is 10.3 Å². The van der Waals surface area contributed by atoms with E-state index in [1.807, 2.05) is 0 Å². The van der Waals surface area contributed by atoms with E-state index in [4.69, 9.17) is 63.7 Å². The summed E-state index contributed by atoms with van der Waals surface area (Å²) in [6, 6.07) is 10.6. The molecule has 0 aliphatic heterocycles. The number of nitrogen functional groups attached to an aromatic ring is 1. The summed E-state index contributed by atoms with van der Waals surface area (Å²) in [7, 11) is 0. The molecule has 0 spiro atoms. The molecule has 12 heteroatoms. The number of alkyl halides is 2. The minimum atomic E-state index is -1.39. The second-order valence-corrected chi connectivity index (χ2v) is 10.5. The Morgan fingerprint density at radius 3 is 2.11 bits per heavy atom. The molecule has 5 nitrogen and oxygen atoms in total. The molecule has 0 heterocycles. The fourth-order valence-corrected chi connectivity index (χ4v) is 5.00. The van der Waals surface area contributed by atoms with E-state index in [0.717, 1.165) is 12.1 Å².